The minimum absolute atomic E-state index is 0.184. The second kappa shape index (κ2) is 6.97. The van der Waals surface area contributed by atoms with E-state index in [2.05, 4.69) is 25.7 Å². The van der Waals surface area contributed by atoms with Gasteiger partial charge in [-0.15, -0.1) is 0 Å². The molecule has 1 atom stereocenters. The van der Waals surface area contributed by atoms with Crippen molar-refractivity contribution in [2.24, 2.45) is 0 Å². The van der Waals surface area contributed by atoms with Crippen molar-refractivity contribution in [1.29, 1.82) is 0 Å². The van der Waals surface area contributed by atoms with Crippen LogP contribution in [0.15, 0.2) is 41.5 Å². The zero-order chi connectivity index (χ0) is 16.3. The van der Waals surface area contributed by atoms with Gasteiger partial charge in [0.05, 0.1) is 12.7 Å². The van der Waals surface area contributed by atoms with Crippen LogP contribution >= 0.6 is 0 Å². The van der Waals surface area contributed by atoms with Crippen molar-refractivity contribution in [2.45, 2.75) is 46.6 Å². The van der Waals surface area contributed by atoms with Gasteiger partial charge in [-0.2, -0.15) is 0 Å². The summed E-state index contributed by atoms with van der Waals surface area (Å²) in [7, 11) is 0. The van der Waals surface area contributed by atoms with E-state index in [0.717, 1.165) is 35.1 Å². The highest BCUT2D eigenvalue weighted by Crippen LogP contribution is 2.27. The molecule has 0 spiro atoms. The Balaban J connectivity index is 2.02. The van der Waals surface area contributed by atoms with Gasteiger partial charge in [-0.25, -0.2) is 0 Å². The summed E-state index contributed by atoms with van der Waals surface area (Å²) >= 11 is 0. The van der Waals surface area contributed by atoms with Gasteiger partial charge >= 0.3 is 0 Å². The van der Waals surface area contributed by atoms with Crippen LogP contribution in [0.1, 0.15) is 43.4 Å². The highest BCUT2D eigenvalue weighted by molar-refractivity contribution is 5.57. The second-order valence-corrected chi connectivity index (χ2v) is 6.29. The molecule has 118 valence electrons. The first-order valence-electron chi connectivity index (χ1n) is 7.83. The first kappa shape index (κ1) is 16.6. The van der Waals surface area contributed by atoms with E-state index >= 15 is 0 Å². The smallest absolute Gasteiger partial charge is 0.121 e. The van der Waals surface area contributed by atoms with Gasteiger partial charge < -0.3 is 9.84 Å². The maximum Gasteiger partial charge on any atom is 0.121 e. The van der Waals surface area contributed by atoms with E-state index in [4.69, 9.17) is 4.74 Å². The van der Waals surface area contributed by atoms with E-state index in [0.29, 0.717) is 12.4 Å². The van der Waals surface area contributed by atoms with Gasteiger partial charge in [0.15, 0.2) is 0 Å². The maximum absolute atomic E-state index is 9.84. The molecule has 2 rings (SSSR count). The number of aryl methyl sites for hydroxylation is 2. The number of phenolic OH excluding ortho intramolecular Hbond substituents is 1. The number of hydrogen-bond acceptors (Lipinski definition) is 2. The zero-order valence-electron chi connectivity index (χ0n) is 14.1. The van der Waals surface area contributed by atoms with E-state index in [9.17, 15) is 5.11 Å². The summed E-state index contributed by atoms with van der Waals surface area (Å²) in [6, 6.07) is 4.05. The van der Waals surface area contributed by atoms with Crippen LogP contribution in [0.2, 0.25) is 0 Å². The molecule has 0 fully saturated rings. The van der Waals surface area contributed by atoms with Crippen molar-refractivity contribution < 1.29 is 9.84 Å². The number of hydrogen-bond donors (Lipinski definition) is 1. The highest BCUT2D eigenvalue weighted by atomic mass is 16.5. The SMILES string of the molecule is C=C(C)C1=CCOC1CC/C(C)=C/c1cc(C)c(O)c(C)c1. The quantitative estimate of drug-likeness (QED) is 0.820. The maximum atomic E-state index is 9.84. The Bertz CT molecular complexity index is 612. The van der Waals surface area contributed by atoms with Crippen LogP contribution in [-0.2, 0) is 4.74 Å². The van der Waals surface area contributed by atoms with Crippen molar-refractivity contribution in [3.05, 3.63) is 58.2 Å². The third-order valence-corrected chi connectivity index (χ3v) is 4.17. The first-order chi connectivity index (χ1) is 10.4. The van der Waals surface area contributed by atoms with Crippen molar-refractivity contribution in [2.75, 3.05) is 6.61 Å². The molecule has 1 aliphatic rings. The lowest BCUT2D eigenvalue weighted by atomic mass is 9.97. The molecule has 1 N–H and O–H groups in total. The van der Waals surface area contributed by atoms with Crippen LogP contribution in [0.5, 0.6) is 5.75 Å². The number of allylic oxidation sites excluding steroid dienone is 1. The van der Waals surface area contributed by atoms with Crippen molar-refractivity contribution in [3.63, 3.8) is 0 Å². The Hall–Kier alpha value is -1.80. The molecule has 1 aliphatic heterocycles. The first-order valence-corrected chi connectivity index (χ1v) is 7.83. The largest absolute Gasteiger partial charge is 0.507 e. The van der Waals surface area contributed by atoms with Gasteiger partial charge in [0, 0.05) is 0 Å². The van der Waals surface area contributed by atoms with Gasteiger partial charge in [-0.05, 0) is 74.9 Å². The lowest BCUT2D eigenvalue weighted by molar-refractivity contribution is 0.116. The number of phenols is 1. The standard InChI is InChI=1S/C20H26O2/c1-13(2)18-8-9-22-19(18)7-6-14(3)10-17-11-15(4)20(21)16(5)12-17/h8,10-12,19,21H,1,6-7,9H2,2-5H3/b14-10+. The summed E-state index contributed by atoms with van der Waals surface area (Å²) in [4.78, 5) is 0. The summed E-state index contributed by atoms with van der Waals surface area (Å²) in [6.45, 7) is 12.8. The third-order valence-electron chi connectivity index (χ3n) is 4.17. The Morgan fingerprint density at radius 3 is 2.55 bits per heavy atom. The molecule has 1 heterocycles. The molecule has 1 unspecified atom stereocenters. The van der Waals surface area contributed by atoms with Gasteiger partial charge in [0.1, 0.15) is 5.75 Å². The molecule has 1 aromatic carbocycles. The van der Waals surface area contributed by atoms with Crippen molar-refractivity contribution in [3.8, 4) is 5.75 Å². The molecule has 0 aromatic heterocycles. The van der Waals surface area contributed by atoms with E-state index in [1.807, 2.05) is 32.9 Å². The Labute approximate surface area is 133 Å². The molecular weight excluding hydrogens is 272 g/mol. The average molecular weight is 298 g/mol. The lowest BCUT2D eigenvalue weighted by Gasteiger charge is -2.15. The predicted octanol–water partition coefficient (Wildman–Crippen LogP) is 5.09. The molecule has 0 saturated heterocycles. The minimum atomic E-state index is 0.184. The molecule has 0 amide bonds. The molecule has 22 heavy (non-hydrogen) atoms. The molecule has 1 aromatic rings. The van der Waals surface area contributed by atoms with Crippen LogP contribution in [0.4, 0.5) is 0 Å². The monoisotopic (exact) mass is 298 g/mol. The van der Waals surface area contributed by atoms with Crippen LogP contribution in [0, 0.1) is 13.8 Å². The van der Waals surface area contributed by atoms with E-state index < -0.39 is 0 Å². The van der Waals surface area contributed by atoms with Crippen molar-refractivity contribution in [1.82, 2.24) is 0 Å². The fourth-order valence-corrected chi connectivity index (χ4v) is 2.95. The molecular formula is C20H26O2. The average Bonchev–Trinajstić information content (AvgIpc) is 2.91. The molecule has 2 heteroatoms. The van der Waals surface area contributed by atoms with Gasteiger partial charge in [0.2, 0.25) is 0 Å². The molecule has 0 radical (unpaired) electrons. The van der Waals surface area contributed by atoms with E-state index in [1.165, 1.54) is 11.1 Å². The summed E-state index contributed by atoms with van der Waals surface area (Å²) in [5, 5.41) is 9.84. The molecule has 2 nitrogen and oxygen atoms in total. The highest BCUT2D eigenvalue weighted by Gasteiger charge is 2.19. The Kier molecular flexibility index (Phi) is 5.25. The minimum Gasteiger partial charge on any atom is -0.507 e. The zero-order valence-corrected chi connectivity index (χ0v) is 14.1. The summed E-state index contributed by atoms with van der Waals surface area (Å²) in [5.74, 6) is 0.394. The molecule has 0 aliphatic carbocycles. The number of benzene rings is 1. The van der Waals surface area contributed by atoms with Gasteiger partial charge in [-0.3, -0.25) is 0 Å². The normalized spacial score (nSPS) is 18.5. The van der Waals surface area contributed by atoms with E-state index in [1.54, 1.807) is 0 Å². The van der Waals surface area contributed by atoms with Crippen LogP contribution in [0.25, 0.3) is 6.08 Å². The van der Waals surface area contributed by atoms with Crippen molar-refractivity contribution >= 4 is 6.08 Å². The van der Waals surface area contributed by atoms with Gasteiger partial charge in [-0.1, -0.05) is 29.9 Å². The Morgan fingerprint density at radius 1 is 1.32 bits per heavy atom. The van der Waals surface area contributed by atoms with Crippen LogP contribution < -0.4 is 0 Å². The summed E-state index contributed by atoms with van der Waals surface area (Å²) < 4.78 is 5.77. The Morgan fingerprint density at radius 2 is 1.95 bits per heavy atom. The van der Waals surface area contributed by atoms with Crippen LogP contribution in [0.3, 0.4) is 0 Å². The summed E-state index contributed by atoms with van der Waals surface area (Å²) in [5.41, 5.74) is 6.67. The molecule has 0 bridgehead atoms. The summed E-state index contributed by atoms with van der Waals surface area (Å²) in [6.07, 6.45) is 6.49. The second-order valence-electron chi connectivity index (χ2n) is 6.29. The number of ether oxygens (including phenoxy) is 1. The number of aromatic hydroxyl groups is 1. The predicted molar refractivity (Wildman–Crippen MR) is 93.1 cm³/mol. The van der Waals surface area contributed by atoms with Gasteiger partial charge in [0.25, 0.3) is 0 Å². The number of rotatable bonds is 5. The lowest BCUT2D eigenvalue weighted by Crippen LogP contribution is -2.10. The molecule has 0 saturated carbocycles. The fourth-order valence-electron chi connectivity index (χ4n) is 2.95. The topological polar surface area (TPSA) is 29.5 Å². The fraction of sp³-hybridized carbons (Fsp3) is 0.400. The van der Waals surface area contributed by atoms with E-state index in [-0.39, 0.29) is 6.10 Å². The third kappa shape index (κ3) is 3.89. The van der Waals surface area contributed by atoms with Crippen LogP contribution in [-0.4, -0.2) is 17.8 Å².